The third-order valence-electron chi connectivity index (χ3n) is 2.74. The van der Waals surface area contributed by atoms with E-state index in [0.717, 1.165) is 5.56 Å². The number of hydrogen-bond donors (Lipinski definition) is 2. The smallest absolute Gasteiger partial charge is 0.339 e. The number of carbonyl (C=O) groups is 1. The van der Waals surface area contributed by atoms with Crippen LogP contribution in [0.4, 0.5) is 10.1 Å². The highest BCUT2D eigenvalue weighted by atomic mass is 79.9. The average Bonchev–Trinajstić information content (AvgIpc) is 2.41. The van der Waals surface area contributed by atoms with E-state index in [2.05, 4.69) is 31.2 Å². The van der Waals surface area contributed by atoms with Crippen molar-refractivity contribution in [3.8, 4) is 0 Å². The van der Waals surface area contributed by atoms with Crippen molar-refractivity contribution in [1.82, 2.24) is 9.97 Å². The number of anilines is 1. The molecular formula is C13H11BrFN3O2. The standard InChI is InChI=1S/C13H11BrFN3O2/c1-7-2-10(15)9(14)3-11(7)17-5-12-8(13(19)20)4-16-6-18-12/h2-4,6,17H,5H2,1H3,(H,19,20). The highest BCUT2D eigenvalue weighted by Gasteiger charge is 2.12. The third kappa shape index (κ3) is 3.11. The molecule has 0 aliphatic carbocycles. The summed E-state index contributed by atoms with van der Waals surface area (Å²) < 4.78 is 13.7. The SMILES string of the molecule is Cc1cc(F)c(Br)cc1NCc1ncncc1C(=O)O. The minimum atomic E-state index is -1.08. The summed E-state index contributed by atoms with van der Waals surface area (Å²) in [6, 6.07) is 3.00. The molecule has 5 nitrogen and oxygen atoms in total. The fourth-order valence-corrected chi connectivity index (χ4v) is 2.03. The molecule has 0 atom stereocenters. The van der Waals surface area contributed by atoms with Crippen molar-refractivity contribution in [2.24, 2.45) is 0 Å². The van der Waals surface area contributed by atoms with Gasteiger partial charge < -0.3 is 10.4 Å². The van der Waals surface area contributed by atoms with Gasteiger partial charge in [-0.05, 0) is 40.5 Å². The largest absolute Gasteiger partial charge is 0.478 e. The number of carboxylic acid groups (broad SMARTS) is 1. The number of carboxylic acids is 1. The van der Waals surface area contributed by atoms with Crippen LogP contribution in [0.5, 0.6) is 0 Å². The van der Waals surface area contributed by atoms with Gasteiger partial charge in [0.1, 0.15) is 17.7 Å². The molecule has 0 fully saturated rings. The van der Waals surface area contributed by atoms with Crippen LogP contribution in [-0.4, -0.2) is 21.0 Å². The van der Waals surface area contributed by atoms with Crippen molar-refractivity contribution in [2.75, 3.05) is 5.32 Å². The first-order chi connectivity index (χ1) is 9.49. The van der Waals surface area contributed by atoms with Crippen LogP contribution >= 0.6 is 15.9 Å². The van der Waals surface area contributed by atoms with Crippen LogP contribution < -0.4 is 5.32 Å². The molecule has 2 N–H and O–H groups in total. The number of hydrogen-bond acceptors (Lipinski definition) is 4. The summed E-state index contributed by atoms with van der Waals surface area (Å²) in [6.07, 6.45) is 2.54. The Balaban J connectivity index is 2.21. The van der Waals surface area contributed by atoms with Crippen LogP contribution in [0.25, 0.3) is 0 Å². The highest BCUT2D eigenvalue weighted by molar-refractivity contribution is 9.10. The van der Waals surface area contributed by atoms with E-state index >= 15 is 0 Å². The molecule has 2 aromatic rings. The molecule has 0 saturated heterocycles. The van der Waals surface area contributed by atoms with Crippen molar-refractivity contribution >= 4 is 27.6 Å². The number of aryl methyl sites for hydroxylation is 1. The summed E-state index contributed by atoms with van der Waals surface area (Å²) in [5, 5.41) is 12.1. The topological polar surface area (TPSA) is 75.1 Å². The van der Waals surface area contributed by atoms with Crippen LogP contribution in [0, 0.1) is 12.7 Å². The lowest BCUT2D eigenvalue weighted by Crippen LogP contribution is -2.10. The van der Waals surface area contributed by atoms with E-state index in [9.17, 15) is 9.18 Å². The molecule has 0 saturated carbocycles. The molecule has 2 rings (SSSR count). The molecule has 7 heteroatoms. The van der Waals surface area contributed by atoms with Crippen LogP contribution in [-0.2, 0) is 6.54 Å². The number of rotatable bonds is 4. The first-order valence-corrected chi connectivity index (χ1v) is 6.50. The lowest BCUT2D eigenvalue weighted by atomic mass is 10.2. The first kappa shape index (κ1) is 14.4. The fourth-order valence-electron chi connectivity index (χ4n) is 1.69. The molecule has 0 amide bonds. The Bertz CT molecular complexity index is 664. The predicted molar refractivity (Wildman–Crippen MR) is 75.2 cm³/mol. The minimum absolute atomic E-state index is 0.0406. The van der Waals surface area contributed by atoms with Gasteiger partial charge in [-0.1, -0.05) is 0 Å². The summed E-state index contributed by atoms with van der Waals surface area (Å²) in [5.41, 5.74) is 1.83. The zero-order chi connectivity index (χ0) is 14.7. The second-order valence-electron chi connectivity index (χ2n) is 4.12. The Morgan fingerprint density at radius 1 is 1.50 bits per heavy atom. The van der Waals surface area contributed by atoms with E-state index < -0.39 is 5.97 Å². The molecule has 0 radical (unpaired) electrons. The fraction of sp³-hybridized carbons (Fsp3) is 0.154. The molecule has 1 aromatic carbocycles. The Hall–Kier alpha value is -2.02. The molecule has 0 unspecified atom stereocenters. The van der Waals surface area contributed by atoms with E-state index in [4.69, 9.17) is 5.11 Å². The van der Waals surface area contributed by atoms with E-state index in [-0.39, 0.29) is 17.9 Å². The summed E-state index contributed by atoms with van der Waals surface area (Å²) in [6.45, 7) is 1.97. The Kier molecular flexibility index (Phi) is 4.29. The van der Waals surface area contributed by atoms with Crippen molar-refractivity contribution in [3.05, 3.63) is 51.8 Å². The van der Waals surface area contributed by atoms with Crippen molar-refractivity contribution in [1.29, 1.82) is 0 Å². The van der Waals surface area contributed by atoms with Gasteiger partial charge in [0.2, 0.25) is 0 Å². The number of halogens is 2. The van der Waals surface area contributed by atoms with Crippen LogP contribution in [0.3, 0.4) is 0 Å². The van der Waals surface area contributed by atoms with E-state index in [0.29, 0.717) is 15.9 Å². The van der Waals surface area contributed by atoms with Gasteiger partial charge >= 0.3 is 5.97 Å². The van der Waals surface area contributed by atoms with Crippen molar-refractivity contribution in [2.45, 2.75) is 13.5 Å². The van der Waals surface area contributed by atoms with Gasteiger partial charge in [0, 0.05) is 11.9 Å². The second-order valence-corrected chi connectivity index (χ2v) is 4.98. The maximum atomic E-state index is 13.3. The minimum Gasteiger partial charge on any atom is -0.478 e. The second kappa shape index (κ2) is 5.96. The molecule has 0 aliphatic rings. The maximum absolute atomic E-state index is 13.3. The van der Waals surface area contributed by atoms with Gasteiger partial charge in [0.15, 0.2) is 0 Å². The lowest BCUT2D eigenvalue weighted by molar-refractivity contribution is 0.0694. The number of nitrogens with zero attached hydrogens (tertiary/aromatic N) is 2. The summed E-state index contributed by atoms with van der Waals surface area (Å²) in [4.78, 5) is 18.7. The molecule has 1 heterocycles. The van der Waals surface area contributed by atoms with Gasteiger partial charge in [-0.3, -0.25) is 0 Å². The van der Waals surface area contributed by atoms with Crippen LogP contribution in [0.15, 0.2) is 29.1 Å². The Labute approximate surface area is 123 Å². The summed E-state index contributed by atoms with van der Waals surface area (Å²) in [5.74, 6) is -1.43. The molecule has 104 valence electrons. The molecule has 0 aliphatic heterocycles. The number of benzene rings is 1. The monoisotopic (exact) mass is 339 g/mol. The molecule has 1 aromatic heterocycles. The molecule has 0 bridgehead atoms. The Morgan fingerprint density at radius 2 is 2.25 bits per heavy atom. The number of nitrogens with one attached hydrogen (secondary N) is 1. The normalized spacial score (nSPS) is 10.3. The highest BCUT2D eigenvalue weighted by Crippen LogP contribution is 2.24. The van der Waals surface area contributed by atoms with E-state index in [1.807, 2.05) is 0 Å². The summed E-state index contributed by atoms with van der Waals surface area (Å²) >= 11 is 3.11. The molecular weight excluding hydrogens is 329 g/mol. The maximum Gasteiger partial charge on any atom is 0.339 e. The van der Waals surface area contributed by atoms with Gasteiger partial charge in [0.25, 0.3) is 0 Å². The zero-order valence-corrected chi connectivity index (χ0v) is 12.1. The van der Waals surface area contributed by atoms with Gasteiger partial charge in [-0.15, -0.1) is 0 Å². The van der Waals surface area contributed by atoms with Crippen LogP contribution in [0.1, 0.15) is 21.6 Å². The quantitative estimate of drug-likeness (QED) is 0.895. The van der Waals surface area contributed by atoms with Gasteiger partial charge in [-0.2, -0.15) is 0 Å². The van der Waals surface area contributed by atoms with Crippen molar-refractivity contribution < 1.29 is 14.3 Å². The predicted octanol–water partition coefficient (Wildman–Crippen LogP) is 3.00. The van der Waals surface area contributed by atoms with Crippen LogP contribution in [0.2, 0.25) is 0 Å². The summed E-state index contributed by atoms with van der Waals surface area (Å²) in [7, 11) is 0. The molecule has 20 heavy (non-hydrogen) atoms. The molecule has 0 spiro atoms. The zero-order valence-electron chi connectivity index (χ0n) is 10.5. The van der Waals surface area contributed by atoms with E-state index in [1.165, 1.54) is 18.6 Å². The average molecular weight is 340 g/mol. The Morgan fingerprint density at radius 3 is 2.95 bits per heavy atom. The third-order valence-corrected chi connectivity index (χ3v) is 3.35. The number of aromatic carboxylic acids is 1. The van der Waals surface area contributed by atoms with Gasteiger partial charge in [0.05, 0.1) is 16.7 Å². The lowest BCUT2D eigenvalue weighted by Gasteiger charge is -2.11. The first-order valence-electron chi connectivity index (χ1n) is 5.70. The number of aromatic nitrogens is 2. The van der Waals surface area contributed by atoms with E-state index in [1.54, 1.807) is 13.0 Å². The van der Waals surface area contributed by atoms with Crippen molar-refractivity contribution in [3.63, 3.8) is 0 Å². The van der Waals surface area contributed by atoms with Gasteiger partial charge in [-0.25, -0.2) is 19.2 Å².